The van der Waals surface area contributed by atoms with E-state index in [-0.39, 0.29) is 5.82 Å². The number of hydrogen-bond acceptors (Lipinski definition) is 1. The molecule has 1 heterocycles. The molecule has 1 N–H and O–H groups in total. The van der Waals surface area contributed by atoms with Crippen LogP contribution >= 0.6 is 11.6 Å². The van der Waals surface area contributed by atoms with Crippen LogP contribution < -0.4 is 5.32 Å². The van der Waals surface area contributed by atoms with Crippen molar-refractivity contribution in [2.24, 2.45) is 5.92 Å². The third kappa shape index (κ3) is 2.55. The quantitative estimate of drug-likeness (QED) is 0.838. The summed E-state index contributed by atoms with van der Waals surface area (Å²) in [5.41, 5.74) is 1.71. The van der Waals surface area contributed by atoms with Crippen LogP contribution in [0.5, 0.6) is 0 Å². The van der Waals surface area contributed by atoms with Crippen LogP contribution in [0.25, 0.3) is 0 Å². The molecule has 3 heteroatoms. The summed E-state index contributed by atoms with van der Waals surface area (Å²) in [5, 5.41) is 3.99. The largest absolute Gasteiger partial charge is 0.317 e. The fourth-order valence-electron chi connectivity index (χ4n) is 2.32. The normalized spacial score (nSPS) is 17.7. The van der Waals surface area contributed by atoms with Gasteiger partial charge in [0, 0.05) is 5.02 Å². The summed E-state index contributed by atoms with van der Waals surface area (Å²) in [4.78, 5) is 0. The molecular formula is C13H17ClFN. The van der Waals surface area contributed by atoms with Gasteiger partial charge in [0.2, 0.25) is 0 Å². The Balaban J connectivity index is 2.16. The molecule has 1 aliphatic heterocycles. The molecule has 0 saturated carbocycles. The second kappa shape index (κ2) is 5.15. The molecule has 88 valence electrons. The first-order chi connectivity index (χ1) is 7.68. The van der Waals surface area contributed by atoms with Crippen LogP contribution in [-0.2, 0) is 6.42 Å². The van der Waals surface area contributed by atoms with Gasteiger partial charge < -0.3 is 5.32 Å². The highest BCUT2D eigenvalue weighted by Gasteiger charge is 2.17. The molecule has 0 aliphatic carbocycles. The van der Waals surface area contributed by atoms with Crippen molar-refractivity contribution >= 4 is 11.6 Å². The van der Waals surface area contributed by atoms with E-state index in [9.17, 15) is 4.39 Å². The summed E-state index contributed by atoms with van der Waals surface area (Å²) in [6.07, 6.45) is 3.08. The van der Waals surface area contributed by atoms with E-state index in [0.717, 1.165) is 43.5 Å². The van der Waals surface area contributed by atoms with Crippen LogP contribution in [0.15, 0.2) is 12.1 Å². The molecule has 1 nitrogen and oxygen atoms in total. The van der Waals surface area contributed by atoms with Gasteiger partial charge >= 0.3 is 0 Å². The average molecular weight is 242 g/mol. The highest BCUT2D eigenvalue weighted by atomic mass is 35.5. The second-order valence-corrected chi connectivity index (χ2v) is 4.94. The SMILES string of the molecule is Cc1c(Cl)ccc(F)c1CC1CCNCC1. The van der Waals surface area contributed by atoms with Gasteiger partial charge in [-0.05, 0) is 68.5 Å². The van der Waals surface area contributed by atoms with Crippen LogP contribution in [0, 0.1) is 18.7 Å². The maximum atomic E-state index is 13.7. The molecule has 0 amide bonds. The van der Waals surface area contributed by atoms with Gasteiger partial charge in [0.1, 0.15) is 5.82 Å². The molecule has 2 rings (SSSR count). The van der Waals surface area contributed by atoms with Gasteiger partial charge in [-0.1, -0.05) is 11.6 Å². The van der Waals surface area contributed by atoms with E-state index in [0.29, 0.717) is 10.9 Å². The van der Waals surface area contributed by atoms with Gasteiger partial charge in [-0.25, -0.2) is 4.39 Å². The van der Waals surface area contributed by atoms with Crippen LogP contribution in [0.4, 0.5) is 4.39 Å². The molecular weight excluding hydrogens is 225 g/mol. The van der Waals surface area contributed by atoms with Gasteiger partial charge in [0.15, 0.2) is 0 Å². The van der Waals surface area contributed by atoms with Crippen molar-refractivity contribution in [3.8, 4) is 0 Å². The molecule has 1 fully saturated rings. The summed E-state index contributed by atoms with van der Waals surface area (Å²) >= 11 is 6.02. The molecule has 1 aromatic rings. The van der Waals surface area contributed by atoms with Gasteiger partial charge in [0.05, 0.1) is 0 Å². The first-order valence-electron chi connectivity index (χ1n) is 5.82. The minimum absolute atomic E-state index is 0.111. The lowest BCUT2D eigenvalue weighted by atomic mass is 9.89. The Morgan fingerprint density at radius 3 is 2.75 bits per heavy atom. The van der Waals surface area contributed by atoms with E-state index in [1.807, 2.05) is 6.92 Å². The zero-order valence-electron chi connectivity index (χ0n) is 9.52. The van der Waals surface area contributed by atoms with Crippen molar-refractivity contribution in [3.05, 3.63) is 34.1 Å². The van der Waals surface area contributed by atoms with Gasteiger partial charge in [-0.3, -0.25) is 0 Å². The standard InChI is InChI=1S/C13H17ClFN/c1-9-11(13(15)3-2-12(9)14)8-10-4-6-16-7-5-10/h2-3,10,16H,4-8H2,1H3. The highest BCUT2D eigenvalue weighted by molar-refractivity contribution is 6.31. The number of piperidine rings is 1. The highest BCUT2D eigenvalue weighted by Crippen LogP contribution is 2.26. The summed E-state index contributed by atoms with van der Waals surface area (Å²) in [6, 6.07) is 3.11. The minimum atomic E-state index is -0.111. The number of hydrogen-bond donors (Lipinski definition) is 1. The average Bonchev–Trinajstić information content (AvgIpc) is 2.31. The monoisotopic (exact) mass is 241 g/mol. The van der Waals surface area contributed by atoms with Crippen molar-refractivity contribution < 1.29 is 4.39 Å². The lowest BCUT2D eigenvalue weighted by Gasteiger charge is -2.23. The van der Waals surface area contributed by atoms with Crippen LogP contribution in [0.2, 0.25) is 5.02 Å². The number of benzene rings is 1. The van der Waals surface area contributed by atoms with Crippen molar-refractivity contribution in [2.75, 3.05) is 13.1 Å². The minimum Gasteiger partial charge on any atom is -0.317 e. The second-order valence-electron chi connectivity index (χ2n) is 4.53. The lowest BCUT2D eigenvalue weighted by molar-refractivity contribution is 0.368. The lowest BCUT2D eigenvalue weighted by Crippen LogP contribution is -2.29. The third-order valence-corrected chi connectivity index (χ3v) is 3.84. The molecule has 0 spiro atoms. The van der Waals surface area contributed by atoms with E-state index in [1.54, 1.807) is 6.07 Å². The summed E-state index contributed by atoms with van der Waals surface area (Å²) in [6.45, 7) is 4.00. The molecule has 0 aromatic heterocycles. The van der Waals surface area contributed by atoms with Gasteiger partial charge in [-0.2, -0.15) is 0 Å². The van der Waals surface area contributed by atoms with Crippen LogP contribution in [0.3, 0.4) is 0 Å². The van der Waals surface area contributed by atoms with Crippen molar-refractivity contribution in [3.63, 3.8) is 0 Å². The molecule has 1 saturated heterocycles. The molecule has 0 radical (unpaired) electrons. The Kier molecular flexibility index (Phi) is 3.82. The van der Waals surface area contributed by atoms with E-state index >= 15 is 0 Å². The van der Waals surface area contributed by atoms with E-state index in [2.05, 4.69) is 5.32 Å². The third-order valence-electron chi connectivity index (χ3n) is 3.43. The maximum absolute atomic E-state index is 13.7. The number of nitrogens with one attached hydrogen (secondary N) is 1. The Morgan fingerprint density at radius 2 is 2.06 bits per heavy atom. The molecule has 0 bridgehead atoms. The Morgan fingerprint density at radius 1 is 1.38 bits per heavy atom. The molecule has 16 heavy (non-hydrogen) atoms. The van der Waals surface area contributed by atoms with Crippen LogP contribution in [-0.4, -0.2) is 13.1 Å². The van der Waals surface area contributed by atoms with E-state index in [1.165, 1.54) is 6.07 Å². The molecule has 0 unspecified atom stereocenters. The summed E-state index contributed by atoms with van der Waals surface area (Å²) < 4.78 is 13.7. The topological polar surface area (TPSA) is 12.0 Å². The smallest absolute Gasteiger partial charge is 0.126 e. The Bertz CT molecular complexity index is 372. The van der Waals surface area contributed by atoms with E-state index < -0.39 is 0 Å². The van der Waals surface area contributed by atoms with Gasteiger partial charge in [-0.15, -0.1) is 0 Å². The summed E-state index contributed by atoms with van der Waals surface area (Å²) in [5.74, 6) is 0.480. The maximum Gasteiger partial charge on any atom is 0.126 e. The molecule has 1 aromatic carbocycles. The predicted molar refractivity (Wildman–Crippen MR) is 65.4 cm³/mol. The zero-order valence-corrected chi connectivity index (χ0v) is 10.3. The molecule has 0 atom stereocenters. The molecule has 1 aliphatic rings. The first-order valence-corrected chi connectivity index (χ1v) is 6.20. The Hall–Kier alpha value is -0.600. The van der Waals surface area contributed by atoms with E-state index in [4.69, 9.17) is 11.6 Å². The summed E-state index contributed by atoms with van der Waals surface area (Å²) in [7, 11) is 0. The Labute approximate surface area is 101 Å². The predicted octanol–water partition coefficient (Wildman–Crippen LogP) is 3.33. The van der Waals surface area contributed by atoms with Crippen molar-refractivity contribution in [1.29, 1.82) is 0 Å². The fourth-order valence-corrected chi connectivity index (χ4v) is 2.50. The van der Waals surface area contributed by atoms with Crippen molar-refractivity contribution in [1.82, 2.24) is 5.32 Å². The zero-order chi connectivity index (χ0) is 11.5. The van der Waals surface area contributed by atoms with Gasteiger partial charge in [0.25, 0.3) is 0 Å². The van der Waals surface area contributed by atoms with Crippen LogP contribution in [0.1, 0.15) is 24.0 Å². The number of halogens is 2. The van der Waals surface area contributed by atoms with Crippen molar-refractivity contribution in [2.45, 2.75) is 26.2 Å². The number of rotatable bonds is 2. The first kappa shape index (κ1) is 11.9. The fraction of sp³-hybridized carbons (Fsp3) is 0.538.